The Bertz CT molecular complexity index is 164. The second-order valence-corrected chi connectivity index (χ2v) is 1.70. The second-order valence-electron chi connectivity index (χ2n) is 1.70. The van der Waals surface area contributed by atoms with Gasteiger partial charge in [-0.1, -0.05) is 0 Å². The molecule has 1 aromatic heterocycles. The van der Waals surface area contributed by atoms with Crippen LogP contribution in [0, 0.1) is 0 Å². The molecule has 1 rings (SSSR count). The molecule has 0 atom stereocenters. The highest BCUT2D eigenvalue weighted by Gasteiger charge is 1.97. The van der Waals surface area contributed by atoms with Crippen LogP contribution < -0.4 is 10.6 Å². The van der Waals surface area contributed by atoms with Gasteiger partial charge < -0.3 is 15.1 Å². The SMILES string of the molecule is CNc1cocc1NC. The van der Waals surface area contributed by atoms with Gasteiger partial charge in [0.2, 0.25) is 0 Å². The van der Waals surface area contributed by atoms with Gasteiger partial charge in [-0.3, -0.25) is 0 Å². The lowest BCUT2D eigenvalue weighted by atomic mass is 10.4. The topological polar surface area (TPSA) is 37.2 Å². The van der Waals surface area contributed by atoms with E-state index in [0.29, 0.717) is 0 Å². The van der Waals surface area contributed by atoms with E-state index >= 15 is 0 Å². The number of rotatable bonds is 2. The summed E-state index contributed by atoms with van der Waals surface area (Å²) in [6, 6.07) is 0. The lowest BCUT2D eigenvalue weighted by molar-refractivity contribution is 0.569. The molecule has 0 aliphatic heterocycles. The third-order valence-electron chi connectivity index (χ3n) is 1.20. The van der Waals surface area contributed by atoms with Crippen molar-refractivity contribution in [2.45, 2.75) is 0 Å². The monoisotopic (exact) mass is 126 g/mol. The predicted molar refractivity (Wildman–Crippen MR) is 37.8 cm³/mol. The summed E-state index contributed by atoms with van der Waals surface area (Å²) in [4.78, 5) is 0. The zero-order chi connectivity index (χ0) is 6.69. The maximum Gasteiger partial charge on any atom is 0.116 e. The van der Waals surface area contributed by atoms with Crippen molar-refractivity contribution in [1.82, 2.24) is 0 Å². The Morgan fingerprint density at radius 3 is 1.89 bits per heavy atom. The Balaban J connectivity index is 2.85. The normalized spacial score (nSPS) is 9.11. The van der Waals surface area contributed by atoms with Crippen LogP contribution in [0.15, 0.2) is 16.9 Å². The van der Waals surface area contributed by atoms with Crippen molar-refractivity contribution < 1.29 is 4.42 Å². The van der Waals surface area contributed by atoms with E-state index in [-0.39, 0.29) is 0 Å². The molecule has 50 valence electrons. The summed E-state index contributed by atoms with van der Waals surface area (Å²) < 4.78 is 4.90. The van der Waals surface area contributed by atoms with Crippen molar-refractivity contribution >= 4 is 11.4 Å². The largest absolute Gasteiger partial charge is 0.468 e. The Morgan fingerprint density at radius 1 is 1.11 bits per heavy atom. The third-order valence-corrected chi connectivity index (χ3v) is 1.20. The molecule has 0 saturated carbocycles. The minimum absolute atomic E-state index is 0.984. The summed E-state index contributed by atoms with van der Waals surface area (Å²) in [5, 5.41) is 5.94. The van der Waals surface area contributed by atoms with E-state index in [4.69, 9.17) is 4.42 Å². The number of anilines is 2. The van der Waals surface area contributed by atoms with Gasteiger partial charge in [0, 0.05) is 14.1 Å². The summed E-state index contributed by atoms with van der Waals surface area (Å²) in [5.74, 6) is 0. The van der Waals surface area contributed by atoms with Crippen LogP contribution in [-0.2, 0) is 0 Å². The van der Waals surface area contributed by atoms with Crippen molar-refractivity contribution in [3.8, 4) is 0 Å². The first-order chi connectivity index (χ1) is 4.38. The highest BCUT2D eigenvalue weighted by molar-refractivity contribution is 5.65. The zero-order valence-electron chi connectivity index (χ0n) is 5.56. The molecule has 0 radical (unpaired) electrons. The Labute approximate surface area is 54.1 Å². The average Bonchev–Trinajstić information content (AvgIpc) is 2.33. The number of furan rings is 1. The Morgan fingerprint density at radius 2 is 1.56 bits per heavy atom. The number of hydrogen-bond acceptors (Lipinski definition) is 3. The van der Waals surface area contributed by atoms with Gasteiger partial charge in [0.15, 0.2) is 0 Å². The van der Waals surface area contributed by atoms with E-state index < -0.39 is 0 Å². The summed E-state index contributed by atoms with van der Waals surface area (Å²) in [7, 11) is 3.71. The standard InChI is InChI=1S/C6H10N2O/c1-7-5-3-9-4-6(5)8-2/h3-4,7-8H,1-2H3. The van der Waals surface area contributed by atoms with Gasteiger partial charge in [-0.2, -0.15) is 0 Å². The lowest BCUT2D eigenvalue weighted by Crippen LogP contribution is -1.91. The molecular weight excluding hydrogens is 116 g/mol. The van der Waals surface area contributed by atoms with Crippen molar-refractivity contribution in [2.75, 3.05) is 24.7 Å². The third kappa shape index (κ3) is 0.988. The molecule has 0 bridgehead atoms. The van der Waals surface area contributed by atoms with Crippen LogP contribution in [0.25, 0.3) is 0 Å². The highest BCUT2D eigenvalue weighted by atomic mass is 16.3. The van der Waals surface area contributed by atoms with Gasteiger partial charge in [-0.15, -0.1) is 0 Å². The first-order valence-electron chi connectivity index (χ1n) is 2.80. The molecule has 0 aromatic carbocycles. The van der Waals surface area contributed by atoms with Crippen LogP contribution in [0.4, 0.5) is 11.4 Å². The molecule has 1 heterocycles. The second kappa shape index (κ2) is 2.44. The fourth-order valence-corrected chi connectivity index (χ4v) is 0.684. The zero-order valence-corrected chi connectivity index (χ0v) is 5.56. The molecule has 0 spiro atoms. The fraction of sp³-hybridized carbons (Fsp3) is 0.333. The van der Waals surface area contributed by atoms with Crippen molar-refractivity contribution in [3.63, 3.8) is 0 Å². The number of hydrogen-bond donors (Lipinski definition) is 2. The molecule has 0 fully saturated rings. The van der Waals surface area contributed by atoms with Gasteiger partial charge in [0.05, 0.1) is 11.4 Å². The summed E-state index contributed by atoms with van der Waals surface area (Å²) >= 11 is 0. The van der Waals surface area contributed by atoms with Crippen LogP contribution in [0.2, 0.25) is 0 Å². The Hall–Kier alpha value is -1.12. The lowest BCUT2D eigenvalue weighted by Gasteiger charge is -1.97. The molecule has 1 aromatic rings. The maximum atomic E-state index is 4.90. The first-order valence-corrected chi connectivity index (χ1v) is 2.80. The number of nitrogens with one attached hydrogen (secondary N) is 2. The maximum absolute atomic E-state index is 4.90. The smallest absolute Gasteiger partial charge is 0.116 e. The fourth-order valence-electron chi connectivity index (χ4n) is 0.684. The molecule has 0 aliphatic rings. The van der Waals surface area contributed by atoms with Gasteiger partial charge in [-0.25, -0.2) is 0 Å². The van der Waals surface area contributed by atoms with Crippen LogP contribution in [0.3, 0.4) is 0 Å². The van der Waals surface area contributed by atoms with Crippen LogP contribution in [0.1, 0.15) is 0 Å². The van der Waals surface area contributed by atoms with E-state index in [1.165, 1.54) is 0 Å². The van der Waals surface area contributed by atoms with E-state index in [2.05, 4.69) is 10.6 Å². The first kappa shape index (κ1) is 6.01. The van der Waals surface area contributed by atoms with Crippen LogP contribution >= 0.6 is 0 Å². The summed E-state index contributed by atoms with van der Waals surface area (Å²) in [6.45, 7) is 0. The summed E-state index contributed by atoms with van der Waals surface area (Å²) in [5.41, 5.74) is 1.97. The quantitative estimate of drug-likeness (QED) is 0.628. The van der Waals surface area contributed by atoms with Crippen molar-refractivity contribution in [1.29, 1.82) is 0 Å². The Kier molecular flexibility index (Phi) is 1.63. The van der Waals surface area contributed by atoms with Crippen LogP contribution in [0.5, 0.6) is 0 Å². The molecule has 0 amide bonds. The molecule has 3 heteroatoms. The minimum atomic E-state index is 0.984. The predicted octanol–water partition coefficient (Wildman–Crippen LogP) is 1.36. The molecule has 0 aliphatic carbocycles. The average molecular weight is 126 g/mol. The van der Waals surface area contributed by atoms with Crippen molar-refractivity contribution in [2.24, 2.45) is 0 Å². The molecular formula is C6H10N2O. The van der Waals surface area contributed by atoms with E-state index in [1.54, 1.807) is 12.5 Å². The summed E-state index contributed by atoms with van der Waals surface area (Å²) in [6.07, 6.45) is 3.32. The molecule has 2 N–H and O–H groups in total. The van der Waals surface area contributed by atoms with Crippen LogP contribution in [-0.4, -0.2) is 14.1 Å². The van der Waals surface area contributed by atoms with Gasteiger partial charge in [0.25, 0.3) is 0 Å². The minimum Gasteiger partial charge on any atom is -0.468 e. The molecule has 0 saturated heterocycles. The van der Waals surface area contributed by atoms with Crippen molar-refractivity contribution in [3.05, 3.63) is 12.5 Å². The van der Waals surface area contributed by atoms with E-state index in [1.807, 2.05) is 14.1 Å². The van der Waals surface area contributed by atoms with Gasteiger partial charge in [0.1, 0.15) is 12.5 Å². The van der Waals surface area contributed by atoms with E-state index in [0.717, 1.165) is 11.4 Å². The van der Waals surface area contributed by atoms with Gasteiger partial charge in [-0.05, 0) is 0 Å². The highest BCUT2D eigenvalue weighted by Crippen LogP contribution is 2.20. The molecule has 3 nitrogen and oxygen atoms in total. The van der Waals surface area contributed by atoms with E-state index in [9.17, 15) is 0 Å². The molecule has 9 heavy (non-hydrogen) atoms. The van der Waals surface area contributed by atoms with Gasteiger partial charge >= 0.3 is 0 Å². The molecule has 0 unspecified atom stereocenters.